The number of nitrogens with zero attached hydrogens (tertiary/aromatic N) is 1. The number of benzene rings is 1. The van der Waals surface area contributed by atoms with Crippen LogP contribution in [0.3, 0.4) is 0 Å². The summed E-state index contributed by atoms with van der Waals surface area (Å²) in [5, 5.41) is 3.63. The molecular weight excluding hydrogens is 310 g/mol. The maximum absolute atomic E-state index is 14.5. The fourth-order valence-corrected chi connectivity index (χ4v) is 3.91. The molecule has 3 rings (SSSR count). The summed E-state index contributed by atoms with van der Waals surface area (Å²) in [5.41, 5.74) is 0.798. The second-order valence-electron chi connectivity index (χ2n) is 5.92. The average molecular weight is 333 g/mol. The maximum Gasteiger partial charge on any atom is 0.146 e. The summed E-state index contributed by atoms with van der Waals surface area (Å²) in [6, 6.07) is 5.64. The van der Waals surface area contributed by atoms with Crippen molar-refractivity contribution in [3.63, 3.8) is 0 Å². The van der Waals surface area contributed by atoms with Gasteiger partial charge in [0.05, 0.1) is 5.02 Å². The first-order valence-electron chi connectivity index (χ1n) is 7.66. The summed E-state index contributed by atoms with van der Waals surface area (Å²) in [7, 11) is 0. The van der Waals surface area contributed by atoms with E-state index < -0.39 is 0 Å². The lowest BCUT2D eigenvalue weighted by atomic mass is 9.89. The van der Waals surface area contributed by atoms with E-state index in [1.54, 1.807) is 6.07 Å². The summed E-state index contributed by atoms with van der Waals surface area (Å²) in [4.78, 5) is 2.45. The van der Waals surface area contributed by atoms with Crippen LogP contribution >= 0.6 is 24.0 Å². The molecule has 21 heavy (non-hydrogen) atoms. The lowest BCUT2D eigenvalue weighted by Crippen LogP contribution is -2.46. The van der Waals surface area contributed by atoms with Gasteiger partial charge in [-0.3, -0.25) is 4.90 Å². The molecule has 1 atom stereocenters. The summed E-state index contributed by atoms with van der Waals surface area (Å²) < 4.78 is 14.5. The van der Waals surface area contributed by atoms with Gasteiger partial charge in [0.15, 0.2) is 0 Å². The molecule has 1 aromatic carbocycles. The van der Waals surface area contributed by atoms with Gasteiger partial charge in [0.1, 0.15) is 5.82 Å². The maximum atomic E-state index is 14.5. The largest absolute Gasteiger partial charge is 0.314 e. The van der Waals surface area contributed by atoms with Crippen molar-refractivity contribution in [2.45, 2.75) is 31.7 Å². The molecule has 1 saturated heterocycles. The molecule has 0 amide bonds. The van der Waals surface area contributed by atoms with Crippen molar-refractivity contribution in [2.75, 3.05) is 26.2 Å². The number of hydrogen-bond acceptors (Lipinski definition) is 2. The Morgan fingerprint density at radius 3 is 2.52 bits per heavy atom. The van der Waals surface area contributed by atoms with Crippen LogP contribution in [0, 0.1) is 11.7 Å². The fraction of sp³-hybridized carbons (Fsp3) is 0.625. The smallest absolute Gasteiger partial charge is 0.146 e. The van der Waals surface area contributed by atoms with E-state index >= 15 is 0 Å². The highest BCUT2D eigenvalue weighted by atomic mass is 35.5. The third kappa shape index (κ3) is 3.70. The molecule has 2 nitrogen and oxygen atoms in total. The Hall–Kier alpha value is -0.350. The molecule has 0 radical (unpaired) electrons. The zero-order chi connectivity index (χ0) is 13.9. The van der Waals surface area contributed by atoms with Gasteiger partial charge in [0.25, 0.3) is 0 Å². The van der Waals surface area contributed by atoms with E-state index in [4.69, 9.17) is 11.6 Å². The minimum atomic E-state index is -0.218. The third-order valence-corrected chi connectivity index (χ3v) is 4.98. The third-order valence-electron chi connectivity index (χ3n) is 4.69. The van der Waals surface area contributed by atoms with Gasteiger partial charge >= 0.3 is 0 Å². The highest BCUT2D eigenvalue weighted by Crippen LogP contribution is 2.41. The number of halogens is 3. The van der Waals surface area contributed by atoms with Crippen LogP contribution in [0.15, 0.2) is 18.2 Å². The van der Waals surface area contributed by atoms with E-state index in [1.165, 1.54) is 25.7 Å². The second kappa shape index (κ2) is 7.77. The van der Waals surface area contributed by atoms with Gasteiger partial charge in [-0.25, -0.2) is 4.39 Å². The number of nitrogens with one attached hydrogen (secondary N) is 1. The fourth-order valence-electron chi connectivity index (χ4n) is 3.73. The van der Waals surface area contributed by atoms with E-state index in [2.05, 4.69) is 10.2 Å². The van der Waals surface area contributed by atoms with Crippen LogP contribution in [-0.2, 0) is 0 Å². The van der Waals surface area contributed by atoms with E-state index in [-0.39, 0.29) is 29.3 Å². The first-order valence-corrected chi connectivity index (χ1v) is 8.04. The molecule has 1 saturated carbocycles. The monoisotopic (exact) mass is 332 g/mol. The van der Waals surface area contributed by atoms with Gasteiger partial charge in [0, 0.05) is 37.8 Å². The molecule has 1 N–H and O–H groups in total. The average Bonchev–Trinajstić information content (AvgIpc) is 2.99. The number of piperazine rings is 1. The Labute approximate surface area is 137 Å². The van der Waals surface area contributed by atoms with Crippen LogP contribution in [0.2, 0.25) is 5.02 Å². The van der Waals surface area contributed by atoms with Crippen LogP contribution in [0.25, 0.3) is 0 Å². The predicted octanol–water partition coefficient (Wildman–Crippen LogP) is 4.04. The van der Waals surface area contributed by atoms with E-state index in [0.29, 0.717) is 5.92 Å². The summed E-state index contributed by atoms with van der Waals surface area (Å²) >= 11 is 6.00. The minimum Gasteiger partial charge on any atom is -0.314 e. The van der Waals surface area contributed by atoms with Gasteiger partial charge < -0.3 is 5.32 Å². The molecular formula is C16H23Cl2FN2. The van der Waals surface area contributed by atoms with Crippen molar-refractivity contribution in [1.82, 2.24) is 10.2 Å². The zero-order valence-corrected chi connectivity index (χ0v) is 13.7. The molecule has 5 heteroatoms. The number of rotatable bonds is 3. The SMILES string of the molecule is Cl.Fc1c(Cl)cccc1[C@@H](C1CCCC1)N1CCNCC1. The Balaban J connectivity index is 0.00000161. The second-order valence-corrected chi connectivity index (χ2v) is 6.33. The topological polar surface area (TPSA) is 15.3 Å². The van der Waals surface area contributed by atoms with Gasteiger partial charge in [0.2, 0.25) is 0 Å². The highest BCUT2D eigenvalue weighted by Gasteiger charge is 2.33. The van der Waals surface area contributed by atoms with Gasteiger partial charge in [-0.15, -0.1) is 12.4 Å². The van der Waals surface area contributed by atoms with Crippen molar-refractivity contribution in [3.8, 4) is 0 Å². The zero-order valence-electron chi connectivity index (χ0n) is 12.2. The minimum absolute atomic E-state index is 0. The first kappa shape index (κ1) is 17.0. The lowest BCUT2D eigenvalue weighted by Gasteiger charge is -2.38. The lowest BCUT2D eigenvalue weighted by molar-refractivity contribution is 0.122. The number of hydrogen-bond donors (Lipinski definition) is 1. The molecule has 1 heterocycles. The van der Waals surface area contributed by atoms with Gasteiger partial charge in [-0.2, -0.15) is 0 Å². The Morgan fingerprint density at radius 1 is 1.19 bits per heavy atom. The summed E-state index contributed by atoms with van der Waals surface area (Å²) in [5.74, 6) is 0.352. The highest BCUT2D eigenvalue weighted by molar-refractivity contribution is 6.30. The van der Waals surface area contributed by atoms with Crippen LogP contribution in [-0.4, -0.2) is 31.1 Å². The molecule has 0 bridgehead atoms. The van der Waals surface area contributed by atoms with Gasteiger partial charge in [-0.1, -0.05) is 36.6 Å². The molecule has 0 spiro atoms. The Kier molecular flexibility index (Phi) is 6.30. The van der Waals surface area contributed by atoms with E-state index in [0.717, 1.165) is 31.7 Å². The molecule has 1 aliphatic heterocycles. The normalized spacial score (nSPS) is 22.0. The van der Waals surface area contributed by atoms with Crippen LogP contribution in [0.5, 0.6) is 0 Å². The summed E-state index contributed by atoms with van der Waals surface area (Å²) in [6.07, 6.45) is 4.96. The molecule has 1 aliphatic carbocycles. The molecule has 0 unspecified atom stereocenters. The van der Waals surface area contributed by atoms with Crippen molar-refractivity contribution in [1.29, 1.82) is 0 Å². The molecule has 2 fully saturated rings. The summed E-state index contributed by atoms with van der Waals surface area (Å²) in [6.45, 7) is 3.97. The van der Waals surface area contributed by atoms with Crippen molar-refractivity contribution in [2.24, 2.45) is 5.92 Å². The van der Waals surface area contributed by atoms with Crippen molar-refractivity contribution >= 4 is 24.0 Å². The van der Waals surface area contributed by atoms with Crippen LogP contribution in [0.4, 0.5) is 4.39 Å². The Morgan fingerprint density at radius 2 is 1.86 bits per heavy atom. The molecule has 0 aromatic heterocycles. The quantitative estimate of drug-likeness (QED) is 0.898. The first-order chi connectivity index (χ1) is 9.77. The molecule has 2 aliphatic rings. The molecule has 1 aromatic rings. The van der Waals surface area contributed by atoms with Crippen LogP contribution in [0.1, 0.15) is 37.3 Å². The standard InChI is InChI=1S/C16H22ClFN2.ClH/c17-14-7-3-6-13(15(14)18)16(12-4-1-2-5-12)20-10-8-19-9-11-20;/h3,6-7,12,16,19H,1-2,4-5,8-11H2;1H/t16-;/m1./s1. The van der Waals surface area contributed by atoms with Crippen LogP contribution < -0.4 is 5.32 Å². The molecule has 118 valence electrons. The van der Waals surface area contributed by atoms with E-state index in [1.807, 2.05) is 12.1 Å². The Bertz CT molecular complexity index is 458. The van der Waals surface area contributed by atoms with Gasteiger partial charge in [-0.05, 0) is 24.8 Å². The van der Waals surface area contributed by atoms with Crippen molar-refractivity contribution < 1.29 is 4.39 Å². The van der Waals surface area contributed by atoms with Crippen molar-refractivity contribution in [3.05, 3.63) is 34.6 Å². The van der Waals surface area contributed by atoms with E-state index in [9.17, 15) is 4.39 Å². The predicted molar refractivity (Wildman–Crippen MR) is 87.8 cm³/mol.